The van der Waals surface area contributed by atoms with E-state index in [2.05, 4.69) is 14.8 Å². The Morgan fingerprint density at radius 3 is 2.49 bits per heavy atom. The lowest BCUT2D eigenvalue weighted by Crippen LogP contribution is -2.32. The highest BCUT2D eigenvalue weighted by Gasteiger charge is 2.29. The molecule has 3 aromatic rings. The van der Waals surface area contributed by atoms with Gasteiger partial charge >= 0.3 is 0 Å². The Morgan fingerprint density at radius 2 is 1.81 bits per heavy atom. The summed E-state index contributed by atoms with van der Waals surface area (Å²) in [7, 11) is -6.80. The molecular formula is C23H22FN5O6S2. The molecule has 0 fully saturated rings. The number of aromatic amines is 1. The molecule has 14 heteroatoms. The lowest BCUT2D eigenvalue weighted by molar-refractivity contribution is 0.472. The maximum absolute atomic E-state index is 13.5. The summed E-state index contributed by atoms with van der Waals surface area (Å²) in [5, 5.41) is 16.2. The van der Waals surface area contributed by atoms with Crippen molar-refractivity contribution < 1.29 is 26.3 Å². The fourth-order valence-corrected chi connectivity index (χ4v) is 5.12. The average molecular weight is 548 g/mol. The van der Waals surface area contributed by atoms with Crippen molar-refractivity contribution in [2.45, 2.75) is 11.4 Å². The van der Waals surface area contributed by atoms with Crippen molar-refractivity contribution in [1.82, 2.24) is 9.78 Å². The molecule has 0 amide bonds. The molecule has 194 valence electrons. The van der Waals surface area contributed by atoms with Crippen LogP contribution in [0.4, 0.5) is 15.8 Å². The largest absolute Gasteiger partial charge is 0.507 e. The van der Waals surface area contributed by atoms with Crippen LogP contribution in [-0.4, -0.2) is 50.9 Å². The van der Waals surface area contributed by atoms with E-state index in [0.29, 0.717) is 5.56 Å². The highest BCUT2D eigenvalue weighted by atomic mass is 32.2. The van der Waals surface area contributed by atoms with Gasteiger partial charge in [-0.25, -0.2) is 17.5 Å². The van der Waals surface area contributed by atoms with Crippen molar-refractivity contribution in [3.05, 3.63) is 94.2 Å². The standard InChI is InChI=1S/C23H22FN5O6S2/c1-28(36(2,32)33)17-10-11-18-20(13-17)37(34,35)27-22(26-18)21-19(30)5-3-4-12-25-29(23(21)31)14-15-6-8-16(24)9-7-15/h3-13,25,30H,14H2,1-2H3,(H,26,27). The molecule has 0 unspecified atom stereocenters. The number of nitrogens with one attached hydrogen (secondary N) is 2. The molecule has 11 nitrogen and oxygen atoms in total. The number of sulfonamides is 2. The summed E-state index contributed by atoms with van der Waals surface area (Å²) in [4.78, 5) is 13.2. The van der Waals surface area contributed by atoms with Crippen molar-refractivity contribution in [2.75, 3.05) is 22.9 Å². The number of halogens is 1. The van der Waals surface area contributed by atoms with E-state index in [0.717, 1.165) is 21.3 Å². The molecule has 1 aliphatic rings. The Labute approximate surface area is 211 Å². The average Bonchev–Trinajstić information content (AvgIpc) is 2.88. The summed E-state index contributed by atoms with van der Waals surface area (Å²) in [6, 6.07) is 13.4. The molecule has 0 aliphatic carbocycles. The van der Waals surface area contributed by atoms with Gasteiger partial charge in [0.25, 0.3) is 15.6 Å². The number of benzene rings is 2. The molecular weight excluding hydrogens is 525 g/mol. The minimum absolute atomic E-state index is 0.0313. The van der Waals surface area contributed by atoms with E-state index in [4.69, 9.17) is 0 Å². The van der Waals surface area contributed by atoms with Gasteiger partial charge in [-0.2, -0.15) is 8.42 Å². The summed E-state index contributed by atoms with van der Waals surface area (Å²) < 4.78 is 69.0. The topological polar surface area (TPSA) is 154 Å². The number of aromatic nitrogens is 2. The van der Waals surface area contributed by atoms with E-state index in [1.165, 1.54) is 67.8 Å². The van der Waals surface area contributed by atoms with Crippen LogP contribution in [-0.2, 0) is 26.6 Å². The van der Waals surface area contributed by atoms with Crippen LogP contribution in [0.3, 0.4) is 0 Å². The summed E-state index contributed by atoms with van der Waals surface area (Å²) in [5.74, 6) is -1.44. The first kappa shape index (κ1) is 25.9. The van der Waals surface area contributed by atoms with Gasteiger partial charge < -0.3 is 15.5 Å². The Bertz CT molecular complexity index is 1730. The van der Waals surface area contributed by atoms with Gasteiger partial charge in [0.15, 0.2) is 5.84 Å². The Hall–Kier alpha value is -4.17. The second-order valence-corrected chi connectivity index (χ2v) is 11.7. The monoisotopic (exact) mass is 547 g/mol. The van der Waals surface area contributed by atoms with Crippen LogP contribution in [0.5, 0.6) is 5.75 Å². The predicted molar refractivity (Wildman–Crippen MR) is 137 cm³/mol. The number of hydrogen-bond acceptors (Lipinski definition) is 7. The van der Waals surface area contributed by atoms with Crippen molar-refractivity contribution in [3.8, 4) is 5.75 Å². The Balaban J connectivity index is 1.87. The van der Waals surface area contributed by atoms with Gasteiger partial charge in [0.1, 0.15) is 22.0 Å². The Kier molecular flexibility index (Phi) is 6.80. The van der Waals surface area contributed by atoms with Gasteiger partial charge in [-0.15, -0.1) is 4.40 Å². The van der Waals surface area contributed by atoms with Gasteiger partial charge in [0.05, 0.1) is 24.2 Å². The van der Waals surface area contributed by atoms with Crippen molar-refractivity contribution in [1.29, 1.82) is 0 Å². The lowest BCUT2D eigenvalue weighted by Gasteiger charge is -2.22. The van der Waals surface area contributed by atoms with Crippen LogP contribution in [0.25, 0.3) is 0 Å². The van der Waals surface area contributed by atoms with Crippen LogP contribution in [0.2, 0.25) is 0 Å². The van der Waals surface area contributed by atoms with E-state index in [1.807, 2.05) is 0 Å². The van der Waals surface area contributed by atoms with E-state index < -0.39 is 48.6 Å². The molecule has 2 heterocycles. The molecule has 0 bridgehead atoms. The van der Waals surface area contributed by atoms with E-state index >= 15 is 0 Å². The number of aromatic hydroxyl groups is 1. The summed E-state index contributed by atoms with van der Waals surface area (Å²) in [6.07, 6.45) is 2.40. The Morgan fingerprint density at radius 1 is 1.11 bits per heavy atom. The molecule has 0 spiro atoms. The number of fused-ring (bicyclic) bond motifs is 1. The maximum Gasteiger partial charge on any atom is 0.286 e. The van der Waals surface area contributed by atoms with Crippen LogP contribution >= 0.6 is 0 Å². The van der Waals surface area contributed by atoms with Gasteiger partial charge in [0.2, 0.25) is 10.0 Å². The summed E-state index contributed by atoms with van der Waals surface area (Å²) >= 11 is 0. The first-order valence-electron chi connectivity index (χ1n) is 10.7. The number of rotatable bonds is 5. The maximum atomic E-state index is 13.5. The molecule has 2 aromatic carbocycles. The molecule has 4 rings (SSSR count). The summed E-state index contributed by atoms with van der Waals surface area (Å²) in [5.41, 5.74) is -0.587. The first-order valence-corrected chi connectivity index (χ1v) is 13.9. The number of amidine groups is 1. The molecule has 0 atom stereocenters. The third-order valence-corrected chi connectivity index (χ3v) is 7.99. The zero-order valence-corrected chi connectivity index (χ0v) is 21.2. The number of hydrogen-bond donors (Lipinski definition) is 3. The van der Waals surface area contributed by atoms with Crippen molar-refractivity contribution >= 4 is 37.3 Å². The van der Waals surface area contributed by atoms with Gasteiger partial charge in [-0.3, -0.25) is 9.10 Å². The SMILES string of the molecule is CN(c1ccc2c(c1)S(=O)(=O)N=C(c1c(O)cccc[nH]n(Cc3ccc(F)cc3)c1=O)N2)S(C)(=O)=O. The van der Waals surface area contributed by atoms with Gasteiger partial charge in [-0.05, 0) is 48.0 Å². The summed E-state index contributed by atoms with van der Waals surface area (Å²) in [6.45, 7) is -0.0575. The van der Waals surface area contributed by atoms with Crippen LogP contribution < -0.4 is 15.2 Å². The van der Waals surface area contributed by atoms with Crippen molar-refractivity contribution in [3.63, 3.8) is 0 Å². The van der Waals surface area contributed by atoms with Crippen LogP contribution in [0.15, 0.2) is 80.9 Å². The molecule has 1 aliphatic heterocycles. The molecule has 0 saturated carbocycles. The third-order valence-electron chi connectivity index (χ3n) is 5.47. The molecule has 37 heavy (non-hydrogen) atoms. The fraction of sp³-hybridized carbons (Fsp3) is 0.130. The van der Waals surface area contributed by atoms with Gasteiger partial charge in [-0.1, -0.05) is 18.2 Å². The highest BCUT2D eigenvalue weighted by Crippen LogP contribution is 2.33. The zero-order chi connectivity index (χ0) is 27.0. The quantitative estimate of drug-likeness (QED) is 0.442. The van der Waals surface area contributed by atoms with Crippen molar-refractivity contribution in [2.24, 2.45) is 4.40 Å². The van der Waals surface area contributed by atoms with E-state index in [1.54, 1.807) is 0 Å². The number of anilines is 2. The molecule has 0 saturated heterocycles. The second kappa shape index (κ2) is 9.71. The lowest BCUT2D eigenvalue weighted by atomic mass is 10.2. The predicted octanol–water partition coefficient (Wildman–Crippen LogP) is 2.15. The normalized spacial score (nSPS) is 14.1. The minimum atomic E-state index is -4.41. The first-order chi connectivity index (χ1) is 17.4. The second-order valence-electron chi connectivity index (χ2n) is 8.08. The highest BCUT2D eigenvalue weighted by molar-refractivity contribution is 7.92. The minimum Gasteiger partial charge on any atom is -0.507 e. The zero-order valence-electron chi connectivity index (χ0n) is 19.6. The number of H-pyrrole nitrogens is 1. The number of nitrogens with zero attached hydrogens (tertiary/aromatic N) is 3. The van der Waals surface area contributed by atoms with Gasteiger partial charge in [0, 0.05) is 13.2 Å². The van der Waals surface area contributed by atoms with Crippen LogP contribution in [0, 0.1) is 5.82 Å². The third kappa shape index (κ3) is 5.49. The van der Waals surface area contributed by atoms with E-state index in [9.17, 15) is 31.1 Å². The molecule has 0 radical (unpaired) electrons. The fourth-order valence-electron chi connectivity index (χ4n) is 3.48. The van der Waals surface area contributed by atoms with E-state index in [-0.39, 0.29) is 22.8 Å². The molecule has 3 N–H and O–H groups in total. The smallest absolute Gasteiger partial charge is 0.286 e. The van der Waals surface area contributed by atoms with Crippen LogP contribution in [0.1, 0.15) is 11.1 Å². The molecule has 1 aromatic heterocycles.